The molecular weight excluding hydrogens is 398 g/mol. The summed E-state index contributed by atoms with van der Waals surface area (Å²) in [5.74, 6) is 2.80. The fraction of sp³-hybridized carbons (Fsp3) is 0.143. The Morgan fingerprint density at radius 3 is 2.70 bits per heavy atom. The summed E-state index contributed by atoms with van der Waals surface area (Å²) in [5, 5.41) is 0.439. The lowest BCUT2D eigenvalue weighted by Crippen LogP contribution is -2.27. The number of terminal acetylenes is 1. The second-order valence-electron chi connectivity index (χ2n) is 5.94. The molecule has 1 aliphatic rings. The van der Waals surface area contributed by atoms with E-state index < -0.39 is 0 Å². The normalized spacial score (nSPS) is 15.3. The zero-order valence-electron chi connectivity index (χ0n) is 14.6. The molecule has 0 aromatic heterocycles. The molecule has 0 atom stereocenters. The number of carbonyl (C=O) groups excluding carboxylic acids is 1. The molecule has 3 nitrogen and oxygen atoms in total. The van der Waals surface area contributed by atoms with Gasteiger partial charge in [-0.1, -0.05) is 77.4 Å². The van der Waals surface area contributed by atoms with Crippen molar-refractivity contribution >= 4 is 51.9 Å². The second kappa shape index (κ2) is 8.62. The van der Waals surface area contributed by atoms with Gasteiger partial charge in [-0.25, -0.2) is 0 Å². The molecule has 0 bridgehead atoms. The van der Waals surface area contributed by atoms with Crippen LogP contribution in [0, 0.1) is 19.3 Å². The molecule has 1 fully saturated rings. The Kier molecular flexibility index (Phi) is 6.22. The van der Waals surface area contributed by atoms with Gasteiger partial charge in [0, 0.05) is 0 Å². The highest BCUT2D eigenvalue weighted by molar-refractivity contribution is 8.26. The summed E-state index contributed by atoms with van der Waals surface area (Å²) >= 11 is 12.9. The van der Waals surface area contributed by atoms with Gasteiger partial charge in [-0.2, -0.15) is 0 Å². The first-order valence-corrected chi connectivity index (χ1v) is 9.75. The number of ether oxygens (including phenoxy) is 1. The molecule has 2 aromatic rings. The van der Waals surface area contributed by atoms with E-state index >= 15 is 0 Å². The van der Waals surface area contributed by atoms with Crippen molar-refractivity contribution in [2.24, 2.45) is 0 Å². The topological polar surface area (TPSA) is 29.5 Å². The van der Waals surface area contributed by atoms with Gasteiger partial charge in [-0.05, 0) is 36.3 Å². The minimum atomic E-state index is -0.102. The highest BCUT2D eigenvalue weighted by atomic mass is 35.5. The minimum absolute atomic E-state index is 0.102. The van der Waals surface area contributed by atoms with Crippen LogP contribution >= 0.6 is 35.6 Å². The predicted molar refractivity (Wildman–Crippen MR) is 116 cm³/mol. The molecule has 1 aliphatic heterocycles. The van der Waals surface area contributed by atoms with Gasteiger partial charge in [0.05, 0.1) is 16.5 Å². The van der Waals surface area contributed by atoms with Crippen LogP contribution in [0.2, 0.25) is 5.02 Å². The molecule has 6 heteroatoms. The molecule has 0 spiro atoms. The summed E-state index contributed by atoms with van der Waals surface area (Å²) in [6.07, 6.45) is 6.97. The van der Waals surface area contributed by atoms with Gasteiger partial charge in [0.1, 0.15) is 16.7 Å². The lowest BCUT2D eigenvalue weighted by Gasteiger charge is -2.14. The van der Waals surface area contributed by atoms with Crippen molar-refractivity contribution < 1.29 is 9.53 Å². The van der Waals surface area contributed by atoms with Crippen molar-refractivity contribution in [3.05, 3.63) is 69.1 Å². The van der Waals surface area contributed by atoms with Crippen LogP contribution in [-0.4, -0.2) is 21.7 Å². The van der Waals surface area contributed by atoms with Crippen LogP contribution in [0.15, 0.2) is 47.4 Å². The Morgan fingerprint density at radius 2 is 2.04 bits per heavy atom. The fourth-order valence-corrected chi connectivity index (χ4v) is 4.01. The minimum Gasteiger partial charge on any atom is -0.479 e. The first-order valence-electron chi connectivity index (χ1n) is 8.14. The second-order valence-corrected chi connectivity index (χ2v) is 8.02. The third kappa shape index (κ3) is 4.72. The predicted octanol–water partition coefficient (Wildman–Crippen LogP) is 5.06. The SMILES string of the molecule is C#CCOc1ccc(/C=C2\SC(=S)N(Cc3ccc(C)cc3)C2=O)cc1Cl. The van der Waals surface area contributed by atoms with Gasteiger partial charge >= 0.3 is 0 Å². The number of halogens is 1. The van der Waals surface area contributed by atoms with Crippen molar-refractivity contribution in [1.82, 2.24) is 4.90 Å². The molecule has 136 valence electrons. The summed E-state index contributed by atoms with van der Waals surface area (Å²) in [5.41, 5.74) is 3.01. The number of amides is 1. The average Bonchev–Trinajstić information content (AvgIpc) is 2.90. The Balaban J connectivity index is 1.76. The quantitative estimate of drug-likeness (QED) is 0.389. The molecule has 1 heterocycles. The average molecular weight is 414 g/mol. The molecule has 1 saturated heterocycles. The summed E-state index contributed by atoms with van der Waals surface area (Å²) < 4.78 is 5.90. The van der Waals surface area contributed by atoms with Crippen LogP contribution in [0.3, 0.4) is 0 Å². The van der Waals surface area contributed by atoms with E-state index in [0.717, 1.165) is 11.1 Å². The Hall–Kier alpha value is -2.26. The van der Waals surface area contributed by atoms with Crippen LogP contribution in [0.1, 0.15) is 16.7 Å². The number of nitrogens with zero attached hydrogens (tertiary/aromatic N) is 1. The molecule has 0 unspecified atom stereocenters. The monoisotopic (exact) mass is 413 g/mol. The first kappa shape index (κ1) is 19.5. The van der Waals surface area contributed by atoms with Gasteiger partial charge in [0.25, 0.3) is 5.91 Å². The van der Waals surface area contributed by atoms with E-state index in [2.05, 4.69) is 5.92 Å². The molecule has 0 saturated carbocycles. The van der Waals surface area contributed by atoms with Gasteiger partial charge < -0.3 is 4.74 Å². The first-order chi connectivity index (χ1) is 13.0. The van der Waals surface area contributed by atoms with Gasteiger partial charge in [-0.15, -0.1) is 6.42 Å². The number of benzene rings is 2. The maximum Gasteiger partial charge on any atom is 0.266 e. The van der Waals surface area contributed by atoms with Gasteiger partial charge in [0.2, 0.25) is 0 Å². The van der Waals surface area contributed by atoms with E-state index in [4.69, 9.17) is 35.0 Å². The third-order valence-electron chi connectivity index (χ3n) is 3.90. The smallest absolute Gasteiger partial charge is 0.266 e. The van der Waals surface area contributed by atoms with Gasteiger partial charge in [0.15, 0.2) is 0 Å². The number of thiocarbonyl (C=S) groups is 1. The van der Waals surface area contributed by atoms with Gasteiger partial charge in [-0.3, -0.25) is 9.69 Å². The van der Waals surface area contributed by atoms with Crippen LogP contribution in [0.25, 0.3) is 6.08 Å². The van der Waals surface area contributed by atoms with Crippen LogP contribution in [-0.2, 0) is 11.3 Å². The number of hydrogen-bond donors (Lipinski definition) is 0. The highest BCUT2D eigenvalue weighted by Crippen LogP contribution is 2.34. The fourth-order valence-electron chi connectivity index (χ4n) is 2.51. The summed E-state index contributed by atoms with van der Waals surface area (Å²) in [6, 6.07) is 13.4. The number of aryl methyl sites for hydroxylation is 1. The van der Waals surface area contributed by atoms with Crippen molar-refractivity contribution in [3.8, 4) is 18.1 Å². The van der Waals surface area contributed by atoms with Crippen LogP contribution < -0.4 is 4.74 Å². The van der Waals surface area contributed by atoms with E-state index in [-0.39, 0.29) is 12.5 Å². The zero-order valence-corrected chi connectivity index (χ0v) is 17.0. The summed E-state index contributed by atoms with van der Waals surface area (Å²) in [7, 11) is 0. The lowest BCUT2D eigenvalue weighted by atomic mass is 10.1. The molecule has 0 aliphatic carbocycles. The number of rotatable bonds is 5. The molecule has 0 N–H and O–H groups in total. The largest absolute Gasteiger partial charge is 0.479 e. The molecule has 0 radical (unpaired) electrons. The van der Waals surface area contributed by atoms with E-state index in [1.165, 1.54) is 17.3 Å². The van der Waals surface area contributed by atoms with Crippen LogP contribution in [0.4, 0.5) is 0 Å². The zero-order chi connectivity index (χ0) is 19.4. The number of carbonyl (C=O) groups is 1. The van der Waals surface area contributed by atoms with E-state index in [9.17, 15) is 4.79 Å². The van der Waals surface area contributed by atoms with E-state index in [0.29, 0.717) is 26.5 Å². The summed E-state index contributed by atoms with van der Waals surface area (Å²) in [6.45, 7) is 2.64. The standard InChI is InChI=1S/C21H16ClNO2S2/c1-3-10-25-18-9-8-16(11-17(18)22)12-19-20(24)23(21(26)27-19)13-15-6-4-14(2)5-7-15/h1,4-9,11-12H,10,13H2,2H3/b19-12-. The van der Waals surface area contributed by atoms with E-state index in [1.807, 2.05) is 37.3 Å². The molecule has 2 aromatic carbocycles. The van der Waals surface area contributed by atoms with Crippen molar-refractivity contribution in [2.45, 2.75) is 13.5 Å². The van der Waals surface area contributed by atoms with Crippen molar-refractivity contribution in [3.63, 3.8) is 0 Å². The van der Waals surface area contributed by atoms with Crippen molar-refractivity contribution in [1.29, 1.82) is 0 Å². The van der Waals surface area contributed by atoms with E-state index in [1.54, 1.807) is 23.1 Å². The maximum atomic E-state index is 12.8. The molecule has 3 rings (SSSR count). The maximum absolute atomic E-state index is 12.8. The number of thioether (sulfide) groups is 1. The molecular formula is C21H16ClNO2S2. The molecule has 27 heavy (non-hydrogen) atoms. The third-order valence-corrected chi connectivity index (χ3v) is 5.57. The molecule has 1 amide bonds. The Labute approximate surface area is 173 Å². The van der Waals surface area contributed by atoms with Crippen LogP contribution in [0.5, 0.6) is 5.75 Å². The highest BCUT2D eigenvalue weighted by Gasteiger charge is 2.31. The number of hydrogen-bond acceptors (Lipinski definition) is 4. The Morgan fingerprint density at radius 1 is 1.30 bits per heavy atom. The summed E-state index contributed by atoms with van der Waals surface area (Å²) in [4.78, 5) is 14.9. The Bertz CT molecular complexity index is 961. The van der Waals surface area contributed by atoms with Crippen molar-refractivity contribution in [2.75, 3.05) is 6.61 Å². The lowest BCUT2D eigenvalue weighted by molar-refractivity contribution is -0.122.